The van der Waals surface area contributed by atoms with E-state index in [9.17, 15) is 8.42 Å². The van der Waals surface area contributed by atoms with E-state index >= 15 is 0 Å². The highest BCUT2D eigenvalue weighted by Gasteiger charge is 2.42. The molecule has 0 unspecified atom stereocenters. The Balaban J connectivity index is 2.15. The van der Waals surface area contributed by atoms with Crippen molar-refractivity contribution < 1.29 is 8.42 Å². The lowest BCUT2D eigenvalue weighted by molar-refractivity contribution is 0.288. The largest absolute Gasteiger partial charge is 0.392 e. The number of nitrogens with one attached hydrogen (secondary N) is 1. The summed E-state index contributed by atoms with van der Waals surface area (Å²) in [6.07, 6.45) is 6.95. The van der Waals surface area contributed by atoms with Crippen molar-refractivity contribution in [3.8, 4) is 0 Å². The van der Waals surface area contributed by atoms with Gasteiger partial charge in [-0.2, -0.15) is 0 Å². The van der Waals surface area contributed by atoms with Gasteiger partial charge in [-0.3, -0.25) is 0 Å². The first kappa shape index (κ1) is 15.2. The predicted octanol–water partition coefficient (Wildman–Crippen LogP) is 2.08. The van der Waals surface area contributed by atoms with E-state index in [1.807, 2.05) is 0 Å². The summed E-state index contributed by atoms with van der Waals surface area (Å²) in [7, 11) is -3.30. The molecular formula is C13H24N2O2S2. The highest BCUT2D eigenvalue weighted by molar-refractivity contribution is 7.90. The highest BCUT2D eigenvalue weighted by atomic mass is 32.2. The number of hydrogen-bond donors (Lipinski definition) is 2. The van der Waals surface area contributed by atoms with Crippen LogP contribution in [0.25, 0.3) is 0 Å². The second-order valence-corrected chi connectivity index (χ2v) is 8.58. The SMILES string of the molecule is CC1CCC(NS(=O)(=O)C2CCCC2)(C(N)=S)CC1. The standard InChI is InChI=1S/C13H24N2O2S2/c1-10-6-8-13(9-7-10,12(14)18)15-19(16,17)11-4-2-3-5-11/h10-11,15H,2-9H2,1H3,(H2,14,18). The van der Waals surface area contributed by atoms with Gasteiger partial charge in [-0.25, -0.2) is 13.1 Å². The van der Waals surface area contributed by atoms with Crippen LogP contribution in [0.2, 0.25) is 0 Å². The molecule has 0 heterocycles. The molecule has 0 atom stereocenters. The first-order valence-electron chi connectivity index (χ1n) is 7.18. The van der Waals surface area contributed by atoms with Crippen LogP contribution in [0.1, 0.15) is 58.3 Å². The number of nitrogens with two attached hydrogens (primary N) is 1. The molecule has 2 aliphatic carbocycles. The zero-order valence-corrected chi connectivity index (χ0v) is 13.2. The van der Waals surface area contributed by atoms with Crippen LogP contribution < -0.4 is 10.5 Å². The Morgan fingerprint density at radius 2 is 1.74 bits per heavy atom. The minimum atomic E-state index is -3.30. The molecule has 0 aromatic heterocycles. The number of sulfonamides is 1. The van der Waals surface area contributed by atoms with Crippen molar-refractivity contribution in [2.45, 2.75) is 69.1 Å². The van der Waals surface area contributed by atoms with Crippen molar-refractivity contribution in [2.75, 3.05) is 0 Å². The molecule has 4 nitrogen and oxygen atoms in total. The molecule has 2 aliphatic rings. The lowest BCUT2D eigenvalue weighted by atomic mass is 9.78. The molecule has 0 aromatic carbocycles. The molecule has 2 fully saturated rings. The highest BCUT2D eigenvalue weighted by Crippen LogP contribution is 2.34. The van der Waals surface area contributed by atoms with Gasteiger partial charge in [0.2, 0.25) is 10.0 Å². The Kier molecular flexibility index (Phi) is 4.52. The van der Waals surface area contributed by atoms with Crippen LogP contribution in [0.3, 0.4) is 0 Å². The van der Waals surface area contributed by atoms with Crippen LogP contribution in [0, 0.1) is 5.92 Å². The summed E-state index contributed by atoms with van der Waals surface area (Å²) >= 11 is 5.16. The maximum absolute atomic E-state index is 12.5. The Hall–Kier alpha value is -0.200. The smallest absolute Gasteiger partial charge is 0.215 e. The van der Waals surface area contributed by atoms with Crippen molar-refractivity contribution in [3.05, 3.63) is 0 Å². The van der Waals surface area contributed by atoms with E-state index in [4.69, 9.17) is 18.0 Å². The third kappa shape index (κ3) is 3.28. The van der Waals surface area contributed by atoms with Gasteiger partial charge in [-0.15, -0.1) is 0 Å². The average Bonchev–Trinajstić information content (AvgIpc) is 2.86. The third-order valence-corrected chi connectivity index (χ3v) is 7.09. The minimum absolute atomic E-state index is 0.252. The van der Waals surface area contributed by atoms with Crippen LogP contribution in [-0.2, 0) is 10.0 Å². The molecule has 0 aliphatic heterocycles. The minimum Gasteiger partial charge on any atom is -0.392 e. The van der Waals surface area contributed by atoms with Gasteiger partial charge in [0.15, 0.2) is 0 Å². The maximum atomic E-state index is 12.5. The maximum Gasteiger partial charge on any atom is 0.215 e. The zero-order chi connectivity index (χ0) is 14.1. The fourth-order valence-corrected chi connectivity index (χ4v) is 5.51. The Labute approximate surface area is 121 Å². The van der Waals surface area contributed by atoms with Crippen molar-refractivity contribution in [1.29, 1.82) is 0 Å². The van der Waals surface area contributed by atoms with E-state index < -0.39 is 15.6 Å². The monoisotopic (exact) mass is 304 g/mol. The third-order valence-electron chi connectivity index (χ3n) is 4.68. The summed E-state index contributed by atoms with van der Waals surface area (Å²) in [6.45, 7) is 2.19. The molecule has 0 radical (unpaired) electrons. The van der Waals surface area contributed by atoms with Crippen LogP contribution in [0.5, 0.6) is 0 Å². The molecule has 0 spiro atoms. The van der Waals surface area contributed by atoms with E-state index in [0.717, 1.165) is 51.4 Å². The molecule has 6 heteroatoms. The average molecular weight is 304 g/mol. The summed E-state index contributed by atoms with van der Waals surface area (Å²) < 4.78 is 27.8. The normalized spacial score (nSPS) is 33.4. The molecule has 3 N–H and O–H groups in total. The lowest BCUT2D eigenvalue weighted by Crippen LogP contribution is -2.59. The quantitative estimate of drug-likeness (QED) is 0.780. The van der Waals surface area contributed by atoms with Crippen LogP contribution >= 0.6 is 12.2 Å². The van der Waals surface area contributed by atoms with E-state index in [1.54, 1.807) is 0 Å². The molecule has 0 bridgehead atoms. The van der Waals surface area contributed by atoms with Gasteiger partial charge < -0.3 is 5.73 Å². The zero-order valence-electron chi connectivity index (χ0n) is 11.5. The molecule has 0 saturated heterocycles. The lowest BCUT2D eigenvalue weighted by Gasteiger charge is -2.39. The first-order valence-corrected chi connectivity index (χ1v) is 9.14. The van der Waals surface area contributed by atoms with Crippen molar-refractivity contribution >= 4 is 27.2 Å². The van der Waals surface area contributed by atoms with Crippen LogP contribution in [0.4, 0.5) is 0 Å². The number of thiocarbonyl (C=S) groups is 1. The summed E-state index contributed by atoms with van der Waals surface area (Å²) in [6, 6.07) is 0. The fourth-order valence-electron chi connectivity index (χ4n) is 3.21. The first-order chi connectivity index (χ1) is 8.86. The Morgan fingerprint density at radius 1 is 1.21 bits per heavy atom. The van der Waals surface area contributed by atoms with Crippen LogP contribution in [0.15, 0.2) is 0 Å². The summed E-state index contributed by atoms with van der Waals surface area (Å²) in [4.78, 5) is 0.306. The fraction of sp³-hybridized carbons (Fsp3) is 0.923. The molecule has 110 valence electrons. The molecule has 0 aromatic rings. The second-order valence-electron chi connectivity index (χ2n) is 6.18. The predicted molar refractivity (Wildman–Crippen MR) is 81.5 cm³/mol. The van der Waals surface area contributed by atoms with Gasteiger partial charge in [0, 0.05) is 0 Å². The molecule has 2 rings (SSSR count). The molecule has 19 heavy (non-hydrogen) atoms. The summed E-state index contributed by atoms with van der Waals surface area (Å²) in [5.74, 6) is 0.624. The molecular weight excluding hydrogens is 280 g/mol. The van der Waals surface area contributed by atoms with Gasteiger partial charge >= 0.3 is 0 Å². The number of rotatable bonds is 4. The second kappa shape index (κ2) is 5.66. The number of hydrogen-bond acceptors (Lipinski definition) is 3. The van der Waals surface area contributed by atoms with E-state index in [1.165, 1.54) is 0 Å². The Morgan fingerprint density at radius 3 is 2.21 bits per heavy atom. The van der Waals surface area contributed by atoms with Crippen molar-refractivity contribution in [2.24, 2.45) is 11.7 Å². The van der Waals surface area contributed by atoms with Crippen LogP contribution in [-0.4, -0.2) is 24.2 Å². The van der Waals surface area contributed by atoms with Crippen molar-refractivity contribution in [1.82, 2.24) is 4.72 Å². The topological polar surface area (TPSA) is 72.2 Å². The summed E-state index contributed by atoms with van der Waals surface area (Å²) in [5.41, 5.74) is 5.18. The van der Waals surface area contributed by atoms with Gasteiger partial charge in [-0.05, 0) is 44.4 Å². The van der Waals surface area contributed by atoms with E-state index in [0.29, 0.717) is 10.9 Å². The van der Waals surface area contributed by atoms with E-state index in [2.05, 4.69) is 11.6 Å². The summed E-state index contributed by atoms with van der Waals surface area (Å²) in [5, 5.41) is -0.252. The van der Waals surface area contributed by atoms with Gasteiger partial charge in [-0.1, -0.05) is 32.0 Å². The van der Waals surface area contributed by atoms with Gasteiger partial charge in [0.1, 0.15) is 0 Å². The van der Waals surface area contributed by atoms with Crippen molar-refractivity contribution in [3.63, 3.8) is 0 Å². The van der Waals surface area contributed by atoms with Gasteiger partial charge in [0.25, 0.3) is 0 Å². The Bertz CT molecular complexity index is 434. The molecule has 2 saturated carbocycles. The molecule has 0 amide bonds. The van der Waals surface area contributed by atoms with E-state index in [-0.39, 0.29) is 5.25 Å². The van der Waals surface area contributed by atoms with Gasteiger partial charge in [0.05, 0.1) is 15.8 Å².